The van der Waals surface area contributed by atoms with Crippen LogP contribution in [-0.4, -0.2) is 28.7 Å². The standard InChI is InChI=1S/C15H22O3S/c1-4-14(15(16)17)19-7-5-6-18-13-9-11(2)8-12(3)10-13/h8-10,14H,4-7H2,1-3H3,(H,16,17). The number of carbonyl (C=O) groups is 1. The molecule has 1 aromatic rings. The molecular formula is C15H22O3S. The molecule has 0 spiro atoms. The minimum atomic E-state index is -0.720. The van der Waals surface area contributed by atoms with E-state index >= 15 is 0 Å². The number of hydrogen-bond acceptors (Lipinski definition) is 3. The molecule has 3 nitrogen and oxygen atoms in total. The van der Waals surface area contributed by atoms with Crippen molar-refractivity contribution in [3.8, 4) is 5.75 Å². The Balaban J connectivity index is 2.25. The van der Waals surface area contributed by atoms with E-state index in [0.29, 0.717) is 13.0 Å². The minimum Gasteiger partial charge on any atom is -0.494 e. The third-order valence-electron chi connectivity index (χ3n) is 2.72. The predicted octanol–water partition coefficient (Wildman–Crippen LogP) is 3.67. The second-order valence-electron chi connectivity index (χ2n) is 4.63. The van der Waals surface area contributed by atoms with Crippen molar-refractivity contribution in [3.05, 3.63) is 29.3 Å². The maximum Gasteiger partial charge on any atom is 0.316 e. The van der Waals surface area contributed by atoms with Crippen LogP contribution in [0.4, 0.5) is 0 Å². The molecule has 0 saturated heterocycles. The van der Waals surface area contributed by atoms with Crippen LogP contribution in [0, 0.1) is 13.8 Å². The summed E-state index contributed by atoms with van der Waals surface area (Å²) >= 11 is 1.49. The Morgan fingerprint density at radius 2 is 1.95 bits per heavy atom. The summed E-state index contributed by atoms with van der Waals surface area (Å²) in [5.74, 6) is 0.991. The Kier molecular flexibility index (Phi) is 6.78. The van der Waals surface area contributed by atoms with Gasteiger partial charge in [0.1, 0.15) is 11.0 Å². The first-order valence-corrected chi connectivity index (χ1v) is 7.63. The maximum absolute atomic E-state index is 10.8. The molecule has 0 amide bonds. The number of hydrogen-bond donors (Lipinski definition) is 1. The summed E-state index contributed by atoms with van der Waals surface area (Å²) in [6.45, 7) is 6.63. The van der Waals surface area contributed by atoms with E-state index < -0.39 is 5.97 Å². The fourth-order valence-electron chi connectivity index (χ4n) is 1.85. The van der Waals surface area contributed by atoms with E-state index in [-0.39, 0.29) is 5.25 Å². The first kappa shape index (κ1) is 15.9. The summed E-state index contributed by atoms with van der Waals surface area (Å²) < 4.78 is 5.68. The number of aryl methyl sites for hydroxylation is 2. The maximum atomic E-state index is 10.8. The number of ether oxygens (including phenoxy) is 1. The summed E-state index contributed by atoms with van der Waals surface area (Å²) in [4.78, 5) is 10.8. The van der Waals surface area contributed by atoms with Gasteiger partial charge in [0.25, 0.3) is 0 Å². The van der Waals surface area contributed by atoms with Crippen molar-refractivity contribution in [1.82, 2.24) is 0 Å². The topological polar surface area (TPSA) is 46.5 Å². The molecule has 0 radical (unpaired) electrons. The first-order valence-electron chi connectivity index (χ1n) is 6.58. The van der Waals surface area contributed by atoms with E-state index in [9.17, 15) is 4.79 Å². The Morgan fingerprint density at radius 3 is 2.47 bits per heavy atom. The van der Waals surface area contributed by atoms with Gasteiger partial charge in [-0.05, 0) is 55.7 Å². The summed E-state index contributed by atoms with van der Waals surface area (Å²) in [7, 11) is 0. The molecule has 0 fully saturated rings. The molecule has 0 aliphatic carbocycles. The van der Waals surface area contributed by atoms with Crippen molar-refractivity contribution in [3.63, 3.8) is 0 Å². The van der Waals surface area contributed by atoms with Gasteiger partial charge in [-0.25, -0.2) is 0 Å². The van der Waals surface area contributed by atoms with Crippen LogP contribution in [0.5, 0.6) is 5.75 Å². The molecule has 1 N–H and O–H groups in total. The van der Waals surface area contributed by atoms with Gasteiger partial charge in [-0.1, -0.05) is 13.0 Å². The molecule has 1 unspecified atom stereocenters. The second-order valence-corrected chi connectivity index (χ2v) is 5.94. The SMILES string of the molecule is CCC(SCCCOc1cc(C)cc(C)c1)C(=O)O. The van der Waals surface area contributed by atoms with Crippen LogP contribution in [0.25, 0.3) is 0 Å². The number of thioether (sulfide) groups is 1. The predicted molar refractivity (Wildman–Crippen MR) is 80.2 cm³/mol. The molecule has 0 aliphatic rings. The Hall–Kier alpha value is -1.16. The van der Waals surface area contributed by atoms with Gasteiger partial charge in [0.15, 0.2) is 0 Å². The van der Waals surface area contributed by atoms with Gasteiger partial charge in [0, 0.05) is 0 Å². The van der Waals surface area contributed by atoms with E-state index in [1.807, 2.05) is 19.1 Å². The zero-order valence-corrected chi connectivity index (χ0v) is 12.6. The molecule has 19 heavy (non-hydrogen) atoms. The highest BCUT2D eigenvalue weighted by molar-refractivity contribution is 8.00. The second kappa shape index (κ2) is 8.10. The van der Waals surface area contributed by atoms with E-state index in [2.05, 4.69) is 19.9 Å². The number of rotatable bonds is 8. The van der Waals surface area contributed by atoms with E-state index in [1.165, 1.54) is 22.9 Å². The van der Waals surface area contributed by atoms with Crippen molar-refractivity contribution < 1.29 is 14.6 Å². The fraction of sp³-hybridized carbons (Fsp3) is 0.533. The molecule has 0 aliphatic heterocycles. The van der Waals surface area contributed by atoms with Gasteiger partial charge in [-0.3, -0.25) is 4.79 Å². The van der Waals surface area contributed by atoms with Crippen molar-refractivity contribution in [1.29, 1.82) is 0 Å². The molecule has 4 heteroatoms. The van der Waals surface area contributed by atoms with Crippen molar-refractivity contribution in [2.75, 3.05) is 12.4 Å². The summed E-state index contributed by atoms with van der Waals surface area (Å²) in [6, 6.07) is 6.15. The lowest BCUT2D eigenvalue weighted by Crippen LogP contribution is -2.15. The number of carboxylic acid groups (broad SMARTS) is 1. The number of benzene rings is 1. The smallest absolute Gasteiger partial charge is 0.316 e. The molecule has 0 heterocycles. The summed E-state index contributed by atoms with van der Waals surface area (Å²) in [5.41, 5.74) is 2.39. The fourth-order valence-corrected chi connectivity index (χ4v) is 2.80. The first-order chi connectivity index (χ1) is 9.02. The summed E-state index contributed by atoms with van der Waals surface area (Å²) in [6.07, 6.45) is 1.53. The van der Waals surface area contributed by atoms with Crippen LogP contribution in [0.2, 0.25) is 0 Å². The van der Waals surface area contributed by atoms with Crippen molar-refractivity contribution >= 4 is 17.7 Å². The molecule has 1 aromatic carbocycles. The highest BCUT2D eigenvalue weighted by Crippen LogP contribution is 2.18. The highest BCUT2D eigenvalue weighted by Gasteiger charge is 2.14. The Morgan fingerprint density at radius 1 is 1.32 bits per heavy atom. The zero-order chi connectivity index (χ0) is 14.3. The lowest BCUT2D eigenvalue weighted by Gasteiger charge is -2.10. The third kappa shape index (κ3) is 6.01. The van der Waals surface area contributed by atoms with Gasteiger partial charge in [-0.15, -0.1) is 11.8 Å². The highest BCUT2D eigenvalue weighted by atomic mass is 32.2. The Bertz CT molecular complexity index is 398. The van der Waals surface area contributed by atoms with Gasteiger partial charge in [0.2, 0.25) is 0 Å². The van der Waals surface area contributed by atoms with Crippen molar-refractivity contribution in [2.45, 2.75) is 38.9 Å². The minimum absolute atomic E-state index is 0.291. The average Bonchev–Trinajstić information content (AvgIpc) is 2.32. The lowest BCUT2D eigenvalue weighted by atomic mass is 10.1. The third-order valence-corrected chi connectivity index (χ3v) is 4.18. The summed E-state index contributed by atoms with van der Waals surface area (Å²) in [5, 5.41) is 8.63. The molecule has 0 saturated carbocycles. The zero-order valence-electron chi connectivity index (χ0n) is 11.8. The number of aliphatic carboxylic acids is 1. The molecule has 1 atom stereocenters. The molecule has 1 rings (SSSR count). The van der Waals surface area contributed by atoms with Crippen LogP contribution in [-0.2, 0) is 4.79 Å². The number of carboxylic acids is 1. The quantitative estimate of drug-likeness (QED) is 0.739. The van der Waals surface area contributed by atoms with Crippen LogP contribution in [0.3, 0.4) is 0 Å². The van der Waals surface area contributed by atoms with Gasteiger partial charge < -0.3 is 9.84 Å². The molecule has 0 bridgehead atoms. The average molecular weight is 282 g/mol. The van der Waals surface area contributed by atoms with E-state index in [1.54, 1.807) is 0 Å². The molecule has 0 aromatic heterocycles. The van der Waals surface area contributed by atoms with E-state index in [4.69, 9.17) is 9.84 Å². The molecular weight excluding hydrogens is 260 g/mol. The van der Waals surface area contributed by atoms with Crippen LogP contribution in [0.15, 0.2) is 18.2 Å². The van der Waals surface area contributed by atoms with Gasteiger partial charge in [-0.2, -0.15) is 0 Å². The van der Waals surface area contributed by atoms with E-state index in [0.717, 1.165) is 17.9 Å². The Labute approximate surface area is 119 Å². The van der Waals surface area contributed by atoms with Crippen LogP contribution >= 0.6 is 11.8 Å². The lowest BCUT2D eigenvalue weighted by molar-refractivity contribution is -0.136. The van der Waals surface area contributed by atoms with Gasteiger partial charge in [0.05, 0.1) is 6.61 Å². The largest absolute Gasteiger partial charge is 0.494 e. The normalized spacial score (nSPS) is 12.2. The van der Waals surface area contributed by atoms with Crippen LogP contribution in [0.1, 0.15) is 30.9 Å². The van der Waals surface area contributed by atoms with Gasteiger partial charge >= 0.3 is 5.97 Å². The molecule has 106 valence electrons. The monoisotopic (exact) mass is 282 g/mol. The van der Waals surface area contributed by atoms with Crippen LogP contribution < -0.4 is 4.74 Å². The van der Waals surface area contributed by atoms with Crippen molar-refractivity contribution in [2.24, 2.45) is 0 Å².